The van der Waals surface area contributed by atoms with Crippen LogP contribution in [-0.2, 0) is 19.1 Å². The molecule has 28 heavy (non-hydrogen) atoms. The Morgan fingerprint density at radius 3 is 1.71 bits per heavy atom. The first-order valence-electron chi connectivity index (χ1n) is 8.78. The van der Waals surface area contributed by atoms with Crippen molar-refractivity contribution >= 4 is 23.8 Å². The van der Waals surface area contributed by atoms with Crippen LogP contribution < -0.4 is 11.5 Å². The fourth-order valence-electron chi connectivity index (χ4n) is 2.13. The number of amides is 2. The van der Waals surface area contributed by atoms with Gasteiger partial charge in [-0.2, -0.15) is 0 Å². The van der Waals surface area contributed by atoms with Gasteiger partial charge < -0.3 is 20.9 Å². The number of hydrogen-bond acceptors (Lipinski definition) is 7. The average Bonchev–Trinajstić information content (AvgIpc) is 2.60. The van der Waals surface area contributed by atoms with Gasteiger partial charge >= 0.3 is 11.9 Å². The minimum atomic E-state index is -1.60. The highest BCUT2D eigenvalue weighted by Gasteiger charge is 2.42. The third-order valence-corrected chi connectivity index (χ3v) is 5.01. The summed E-state index contributed by atoms with van der Waals surface area (Å²) in [5.74, 6) is -4.50. The van der Waals surface area contributed by atoms with E-state index in [2.05, 4.69) is 4.98 Å². The van der Waals surface area contributed by atoms with E-state index in [0.29, 0.717) is 0 Å². The zero-order valence-electron chi connectivity index (χ0n) is 16.9. The normalized spacial score (nSPS) is 15.4. The standard InChI is InChI=1S/C19H27N3O6/c1-10(2)18(5,16(20)25)27-14(23)12-8-7-9-22-13(12)15(24)28-19(6,11(3)4)17(21)26/h7-11H,1-6H3,(H2,20,25)(H2,21,26). The van der Waals surface area contributed by atoms with Crippen LogP contribution >= 0.6 is 0 Å². The molecular formula is C19H27N3O6. The van der Waals surface area contributed by atoms with Crippen LogP contribution in [0, 0.1) is 11.8 Å². The Hall–Kier alpha value is -2.97. The van der Waals surface area contributed by atoms with Gasteiger partial charge in [0.25, 0.3) is 11.8 Å². The van der Waals surface area contributed by atoms with Crippen molar-refractivity contribution in [1.82, 2.24) is 4.98 Å². The van der Waals surface area contributed by atoms with E-state index in [4.69, 9.17) is 20.9 Å². The monoisotopic (exact) mass is 393 g/mol. The summed E-state index contributed by atoms with van der Waals surface area (Å²) in [6, 6.07) is 2.71. The second kappa shape index (κ2) is 8.37. The first-order chi connectivity index (χ1) is 12.8. The van der Waals surface area contributed by atoms with Crippen LogP contribution in [0.4, 0.5) is 0 Å². The summed E-state index contributed by atoms with van der Waals surface area (Å²) < 4.78 is 10.6. The number of aromatic nitrogens is 1. The van der Waals surface area contributed by atoms with Gasteiger partial charge in [-0.15, -0.1) is 0 Å². The lowest BCUT2D eigenvalue weighted by molar-refractivity contribution is -0.140. The Balaban J connectivity index is 3.27. The van der Waals surface area contributed by atoms with Crippen LogP contribution in [0.2, 0.25) is 0 Å². The number of primary amides is 2. The molecule has 2 unspecified atom stereocenters. The number of esters is 2. The highest BCUT2D eigenvalue weighted by Crippen LogP contribution is 2.26. The molecule has 2 atom stereocenters. The second-order valence-electron chi connectivity index (χ2n) is 7.43. The van der Waals surface area contributed by atoms with Crippen LogP contribution in [0.1, 0.15) is 62.4 Å². The van der Waals surface area contributed by atoms with E-state index in [9.17, 15) is 19.2 Å². The maximum absolute atomic E-state index is 12.7. The number of hydrogen-bond donors (Lipinski definition) is 2. The lowest BCUT2D eigenvalue weighted by Crippen LogP contribution is -2.50. The van der Waals surface area contributed by atoms with Crippen molar-refractivity contribution in [2.45, 2.75) is 52.7 Å². The molecule has 0 aliphatic carbocycles. The molecule has 0 radical (unpaired) electrons. The van der Waals surface area contributed by atoms with Crippen molar-refractivity contribution < 1.29 is 28.7 Å². The van der Waals surface area contributed by atoms with Gasteiger partial charge in [-0.05, 0) is 26.0 Å². The number of carbonyl (C=O) groups excluding carboxylic acids is 4. The topological polar surface area (TPSA) is 152 Å². The molecule has 1 aromatic heterocycles. The Morgan fingerprint density at radius 1 is 0.893 bits per heavy atom. The molecule has 154 valence electrons. The number of nitrogens with two attached hydrogens (primary N) is 2. The molecule has 0 bridgehead atoms. The van der Waals surface area contributed by atoms with Gasteiger partial charge in [0.05, 0.1) is 5.56 Å². The Labute approximate surface area is 163 Å². The van der Waals surface area contributed by atoms with E-state index < -0.39 is 46.8 Å². The lowest BCUT2D eigenvalue weighted by Gasteiger charge is -2.31. The van der Waals surface area contributed by atoms with E-state index >= 15 is 0 Å². The summed E-state index contributed by atoms with van der Waals surface area (Å²) in [6.07, 6.45) is 1.28. The van der Waals surface area contributed by atoms with Gasteiger partial charge in [0.15, 0.2) is 16.9 Å². The highest BCUT2D eigenvalue weighted by molar-refractivity contribution is 6.03. The first kappa shape index (κ1) is 23.1. The molecule has 1 aromatic rings. The molecule has 9 nitrogen and oxygen atoms in total. The molecule has 1 rings (SSSR count). The third kappa shape index (κ3) is 4.47. The molecule has 4 N–H and O–H groups in total. The van der Waals surface area contributed by atoms with Gasteiger partial charge in [0.1, 0.15) is 0 Å². The Morgan fingerprint density at radius 2 is 1.32 bits per heavy atom. The Kier molecular flexibility index (Phi) is 6.89. The maximum Gasteiger partial charge on any atom is 0.358 e. The molecule has 2 amide bonds. The molecule has 9 heteroatoms. The Bertz CT molecular complexity index is 727. The highest BCUT2D eigenvalue weighted by atomic mass is 16.6. The van der Waals surface area contributed by atoms with Crippen molar-refractivity contribution in [3.63, 3.8) is 0 Å². The molecule has 0 saturated heterocycles. The molecule has 0 saturated carbocycles. The van der Waals surface area contributed by atoms with Crippen molar-refractivity contribution in [3.05, 3.63) is 29.6 Å². The van der Waals surface area contributed by atoms with E-state index in [1.165, 1.54) is 32.2 Å². The number of ether oxygens (including phenoxy) is 2. The summed E-state index contributed by atoms with van der Waals surface area (Å²) >= 11 is 0. The van der Waals surface area contributed by atoms with E-state index in [0.717, 1.165) is 0 Å². The number of pyridine rings is 1. The maximum atomic E-state index is 12.7. The van der Waals surface area contributed by atoms with E-state index in [1.54, 1.807) is 27.7 Å². The fraction of sp³-hybridized carbons (Fsp3) is 0.526. The fourth-order valence-corrected chi connectivity index (χ4v) is 2.13. The van der Waals surface area contributed by atoms with Crippen molar-refractivity contribution in [3.8, 4) is 0 Å². The SMILES string of the molecule is CC(C)C(C)(OC(=O)c1cccnc1C(=O)OC(C)(C(N)=O)C(C)C)C(N)=O. The van der Waals surface area contributed by atoms with Crippen LogP contribution in [0.5, 0.6) is 0 Å². The van der Waals surface area contributed by atoms with Crippen molar-refractivity contribution in [1.29, 1.82) is 0 Å². The minimum absolute atomic E-state index is 0.226. The molecule has 0 aliphatic rings. The summed E-state index contributed by atoms with van der Waals surface area (Å²) in [5, 5.41) is 0. The first-order valence-corrected chi connectivity index (χ1v) is 8.78. The summed E-state index contributed by atoms with van der Waals surface area (Å²) in [6.45, 7) is 9.41. The van der Waals surface area contributed by atoms with Crippen LogP contribution in [0.15, 0.2) is 18.3 Å². The summed E-state index contributed by atoms with van der Waals surface area (Å²) in [5.41, 5.74) is 6.96. The number of rotatable bonds is 8. The number of carbonyl (C=O) groups is 4. The van der Waals surface area contributed by atoms with Crippen LogP contribution in [0.3, 0.4) is 0 Å². The molecular weight excluding hydrogens is 366 g/mol. The predicted octanol–water partition coefficient (Wildman–Crippen LogP) is 1.20. The second-order valence-corrected chi connectivity index (χ2v) is 7.43. The van der Waals surface area contributed by atoms with E-state index in [-0.39, 0.29) is 11.3 Å². The van der Waals surface area contributed by atoms with Crippen molar-refractivity contribution in [2.24, 2.45) is 23.3 Å². The van der Waals surface area contributed by atoms with E-state index in [1.807, 2.05) is 0 Å². The largest absolute Gasteiger partial charge is 0.445 e. The molecule has 0 fully saturated rings. The van der Waals surface area contributed by atoms with Crippen LogP contribution in [0.25, 0.3) is 0 Å². The zero-order valence-corrected chi connectivity index (χ0v) is 16.9. The third-order valence-electron chi connectivity index (χ3n) is 5.01. The quantitative estimate of drug-likeness (QED) is 0.629. The number of nitrogens with zero attached hydrogens (tertiary/aromatic N) is 1. The summed E-state index contributed by atoms with van der Waals surface area (Å²) in [7, 11) is 0. The zero-order chi connectivity index (χ0) is 21.9. The van der Waals surface area contributed by atoms with Gasteiger partial charge in [0, 0.05) is 18.0 Å². The smallest absolute Gasteiger partial charge is 0.358 e. The molecule has 0 aromatic carbocycles. The van der Waals surface area contributed by atoms with Crippen molar-refractivity contribution in [2.75, 3.05) is 0 Å². The molecule has 0 spiro atoms. The van der Waals surface area contributed by atoms with Gasteiger partial charge in [-0.25, -0.2) is 14.6 Å². The predicted molar refractivity (Wildman–Crippen MR) is 99.9 cm³/mol. The molecule has 1 heterocycles. The summed E-state index contributed by atoms with van der Waals surface area (Å²) in [4.78, 5) is 52.7. The average molecular weight is 393 g/mol. The van der Waals surface area contributed by atoms with Gasteiger partial charge in [0.2, 0.25) is 0 Å². The van der Waals surface area contributed by atoms with Gasteiger partial charge in [-0.3, -0.25) is 9.59 Å². The minimum Gasteiger partial charge on any atom is -0.445 e. The van der Waals surface area contributed by atoms with Crippen LogP contribution in [-0.4, -0.2) is 39.9 Å². The molecule has 0 aliphatic heterocycles. The lowest BCUT2D eigenvalue weighted by atomic mass is 9.91. The van der Waals surface area contributed by atoms with Gasteiger partial charge in [-0.1, -0.05) is 27.7 Å².